The van der Waals surface area contributed by atoms with Gasteiger partial charge in [0.25, 0.3) is 0 Å². The highest BCUT2D eigenvalue weighted by molar-refractivity contribution is 7.80. The van der Waals surface area contributed by atoms with Gasteiger partial charge in [-0.3, -0.25) is 34.2 Å². The van der Waals surface area contributed by atoms with Gasteiger partial charge in [-0.25, -0.2) is 0 Å². The average molecular weight is 589 g/mol. The largest absolute Gasteiger partial charge is 0.370 e. The van der Waals surface area contributed by atoms with Crippen molar-refractivity contribution >= 4 is 66.7 Å². The third kappa shape index (κ3) is 15.3. The Kier molecular flexibility index (Phi) is 17.6. The summed E-state index contributed by atoms with van der Waals surface area (Å²) in [6, 6.07) is -4.65. The van der Waals surface area contributed by atoms with Crippen molar-refractivity contribution < 1.29 is 28.8 Å². The molecule has 39 heavy (non-hydrogen) atoms. The molecular formula is C21H36N10O6S2. The summed E-state index contributed by atoms with van der Waals surface area (Å²) in [6.45, 7) is -0.475. The average Bonchev–Trinajstić information content (AvgIpc) is 2.88. The molecular weight excluding hydrogens is 552 g/mol. The van der Waals surface area contributed by atoms with Crippen molar-refractivity contribution in [2.45, 2.75) is 43.4 Å². The number of carbonyl (C=O) groups excluding carboxylic acids is 6. The Morgan fingerprint density at radius 2 is 1.44 bits per heavy atom. The predicted octanol–water partition coefficient (Wildman–Crippen LogP) is -5.37. The zero-order valence-corrected chi connectivity index (χ0v) is 22.9. The van der Waals surface area contributed by atoms with E-state index in [1.165, 1.54) is 0 Å². The van der Waals surface area contributed by atoms with E-state index in [0.29, 0.717) is 0 Å². The number of hydrogen-bond acceptors (Lipinski definition) is 10. The Balaban J connectivity index is 5.32. The van der Waals surface area contributed by atoms with Crippen LogP contribution in [-0.2, 0) is 28.8 Å². The number of nitrogens with one attached hydrogen (secondary N) is 7. The third-order valence-electron chi connectivity index (χ3n) is 4.81. The van der Waals surface area contributed by atoms with E-state index in [9.17, 15) is 28.8 Å². The standard InChI is InChI=1S/C21H36N10O6S2/c1-2-5-26-19(36)14(10-39)31-20(37)12(4-3-6-27-21(24)25)29-16(33)8-28-18(35)13(7-15(23)32)30-17(34)11(22)9-38/h1,11-14,38-39H,3-10,22H2,(H2,23,32)(H,26,36)(H,28,35)(H,29,33)(H,30,34)(H,31,37)(H4,24,25,27)/t11-,12-,13-,14-/m0/s1. The smallest absolute Gasteiger partial charge is 0.244 e. The molecule has 0 aromatic rings. The lowest BCUT2D eigenvalue weighted by Crippen LogP contribution is -2.56. The van der Waals surface area contributed by atoms with E-state index in [0.717, 1.165) is 0 Å². The summed E-state index contributed by atoms with van der Waals surface area (Å²) >= 11 is 7.94. The van der Waals surface area contributed by atoms with Crippen molar-refractivity contribution in [1.29, 1.82) is 5.41 Å². The first-order valence-corrected chi connectivity index (χ1v) is 12.8. The Bertz CT molecular complexity index is 945. The SMILES string of the molecule is C#CCNC(=O)[C@H](CS)NC(=O)[C@H](CCCNC(=N)N)NC(=O)CNC(=O)[C@H](CC(N)=O)NC(=O)[C@@H](N)CS. The minimum atomic E-state index is -1.40. The van der Waals surface area contributed by atoms with Crippen LogP contribution in [0.25, 0.3) is 0 Å². The first-order valence-electron chi connectivity index (χ1n) is 11.6. The second-order valence-corrected chi connectivity index (χ2v) is 8.74. The summed E-state index contributed by atoms with van der Waals surface area (Å²) in [5.74, 6) is -2.76. The molecule has 0 heterocycles. The van der Waals surface area contributed by atoms with E-state index in [-0.39, 0.29) is 43.4 Å². The van der Waals surface area contributed by atoms with E-state index in [1.54, 1.807) is 0 Å². The molecule has 13 N–H and O–H groups in total. The molecule has 0 fully saturated rings. The van der Waals surface area contributed by atoms with Gasteiger partial charge < -0.3 is 49.1 Å². The lowest BCUT2D eigenvalue weighted by Gasteiger charge is -2.23. The van der Waals surface area contributed by atoms with Crippen LogP contribution in [0.1, 0.15) is 19.3 Å². The minimum Gasteiger partial charge on any atom is -0.370 e. The molecule has 0 unspecified atom stereocenters. The molecule has 0 saturated carbocycles. The Morgan fingerprint density at radius 3 is 1.97 bits per heavy atom. The molecule has 0 aromatic heterocycles. The second-order valence-electron chi connectivity index (χ2n) is 8.01. The number of amides is 6. The van der Waals surface area contributed by atoms with Gasteiger partial charge in [-0.05, 0) is 12.8 Å². The molecule has 0 aliphatic rings. The van der Waals surface area contributed by atoms with Crippen LogP contribution >= 0.6 is 25.3 Å². The summed E-state index contributed by atoms with van der Waals surface area (Å²) < 4.78 is 0. The second kappa shape index (κ2) is 19.4. The normalized spacial score (nSPS) is 13.3. The summed E-state index contributed by atoms with van der Waals surface area (Å²) in [6.07, 6.45) is 4.92. The molecule has 6 amide bonds. The fraction of sp³-hybridized carbons (Fsp3) is 0.571. The highest BCUT2D eigenvalue weighted by Gasteiger charge is 2.28. The van der Waals surface area contributed by atoms with Crippen molar-refractivity contribution in [3.63, 3.8) is 0 Å². The zero-order valence-electron chi connectivity index (χ0n) is 21.1. The van der Waals surface area contributed by atoms with Crippen molar-refractivity contribution in [2.24, 2.45) is 17.2 Å². The van der Waals surface area contributed by atoms with Crippen LogP contribution in [0.2, 0.25) is 0 Å². The monoisotopic (exact) mass is 588 g/mol. The van der Waals surface area contributed by atoms with Crippen LogP contribution in [0.5, 0.6) is 0 Å². The van der Waals surface area contributed by atoms with Crippen molar-refractivity contribution in [3.8, 4) is 12.3 Å². The molecule has 218 valence electrons. The summed E-state index contributed by atoms with van der Waals surface area (Å²) in [7, 11) is 0. The van der Waals surface area contributed by atoms with Gasteiger partial charge in [0.2, 0.25) is 35.4 Å². The van der Waals surface area contributed by atoms with Gasteiger partial charge in [-0.2, -0.15) is 25.3 Å². The van der Waals surface area contributed by atoms with Crippen LogP contribution in [0.3, 0.4) is 0 Å². The lowest BCUT2D eigenvalue weighted by molar-refractivity contribution is -0.133. The van der Waals surface area contributed by atoms with Crippen LogP contribution in [0, 0.1) is 17.8 Å². The molecule has 0 radical (unpaired) electrons. The Labute approximate surface area is 236 Å². The lowest BCUT2D eigenvalue weighted by atomic mass is 10.1. The summed E-state index contributed by atoms with van der Waals surface area (Å²) in [5, 5.41) is 21.6. The number of terminal acetylenes is 1. The van der Waals surface area contributed by atoms with Crippen LogP contribution in [0.15, 0.2) is 0 Å². The quantitative estimate of drug-likeness (QED) is 0.0239. The molecule has 18 heteroatoms. The molecule has 0 rings (SSSR count). The summed E-state index contributed by atoms with van der Waals surface area (Å²) in [5.41, 5.74) is 15.9. The first kappa shape index (κ1) is 35.3. The van der Waals surface area contributed by atoms with Crippen molar-refractivity contribution in [3.05, 3.63) is 0 Å². The molecule has 0 spiro atoms. The number of nitrogens with two attached hydrogens (primary N) is 3. The Hall–Kier alpha value is -3.69. The van der Waals surface area contributed by atoms with Crippen LogP contribution in [0.4, 0.5) is 0 Å². The fourth-order valence-electron chi connectivity index (χ4n) is 2.83. The van der Waals surface area contributed by atoms with Crippen molar-refractivity contribution in [1.82, 2.24) is 31.9 Å². The molecule has 0 saturated heterocycles. The highest BCUT2D eigenvalue weighted by atomic mass is 32.1. The Morgan fingerprint density at radius 1 is 0.821 bits per heavy atom. The number of primary amides is 1. The van der Waals surface area contributed by atoms with Gasteiger partial charge in [0.15, 0.2) is 5.96 Å². The maximum atomic E-state index is 12.9. The van der Waals surface area contributed by atoms with Gasteiger partial charge in [0, 0.05) is 18.1 Å². The van der Waals surface area contributed by atoms with E-state index in [4.69, 9.17) is 29.0 Å². The van der Waals surface area contributed by atoms with Crippen LogP contribution < -0.4 is 49.1 Å². The summed E-state index contributed by atoms with van der Waals surface area (Å²) in [4.78, 5) is 73.4. The van der Waals surface area contributed by atoms with E-state index in [2.05, 4.69) is 63.1 Å². The highest BCUT2D eigenvalue weighted by Crippen LogP contribution is 2.00. The van der Waals surface area contributed by atoms with Gasteiger partial charge in [0.1, 0.15) is 18.1 Å². The maximum absolute atomic E-state index is 12.9. The van der Waals surface area contributed by atoms with E-state index >= 15 is 0 Å². The minimum absolute atomic E-state index is 0.0236. The van der Waals surface area contributed by atoms with Gasteiger partial charge in [-0.1, -0.05) is 5.92 Å². The molecule has 4 atom stereocenters. The molecule has 0 bridgehead atoms. The number of guanidine groups is 1. The number of carbonyl (C=O) groups is 6. The van der Waals surface area contributed by atoms with E-state index in [1.807, 2.05) is 0 Å². The maximum Gasteiger partial charge on any atom is 0.244 e. The number of hydrogen-bond donors (Lipinski definition) is 12. The molecule has 0 aromatic carbocycles. The third-order valence-corrected chi connectivity index (χ3v) is 5.57. The van der Waals surface area contributed by atoms with E-state index < -0.39 is 72.6 Å². The fourth-order valence-corrected chi connectivity index (χ4v) is 3.26. The van der Waals surface area contributed by atoms with Gasteiger partial charge in [-0.15, -0.1) is 6.42 Å². The van der Waals surface area contributed by atoms with Gasteiger partial charge >= 0.3 is 0 Å². The van der Waals surface area contributed by atoms with Gasteiger partial charge in [0.05, 0.1) is 25.6 Å². The molecule has 0 aliphatic carbocycles. The zero-order chi connectivity index (χ0) is 30.0. The van der Waals surface area contributed by atoms with Crippen molar-refractivity contribution in [2.75, 3.05) is 31.1 Å². The topological polar surface area (TPSA) is 277 Å². The number of thiol groups is 2. The number of rotatable bonds is 18. The molecule has 16 nitrogen and oxygen atoms in total. The van der Waals surface area contributed by atoms with Crippen LogP contribution in [-0.4, -0.2) is 96.7 Å². The predicted molar refractivity (Wildman–Crippen MR) is 149 cm³/mol. The first-order chi connectivity index (χ1) is 18.4. The molecule has 0 aliphatic heterocycles.